The molecule has 2 aromatic rings. The Morgan fingerprint density at radius 2 is 1.81 bits per heavy atom. The van der Waals surface area contributed by atoms with Crippen molar-refractivity contribution in [2.75, 3.05) is 0 Å². The van der Waals surface area contributed by atoms with Gasteiger partial charge in [-0.2, -0.15) is 4.73 Å². The lowest BCUT2D eigenvalue weighted by atomic mass is 10.1. The SMILES string of the molecule is CC(=O)c1cc(-c2ccccc2)c[n+]([O-])c1. The van der Waals surface area contributed by atoms with Gasteiger partial charge >= 0.3 is 0 Å². The zero-order chi connectivity index (χ0) is 11.5. The Morgan fingerprint density at radius 1 is 1.12 bits per heavy atom. The van der Waals surface area contributed by atoms with Crippen molar-refractivity contribution in [3.63, 3.8) is 0 Å². The quantitative estimate of drug-likeness (QED) is 0.436. The summed E-state index contributed by atoms with van der Waals surface area (Å²) >= 11 is 0. The zero-order valence-corrected chi connectivity index (χ0v) is 8.88. The molecule has 2 rings (SSSR count). The van der Waals surface area contributed by atoms with Crippen LogP contribution in [-0.2, 0) is 0 Å². The van der Waals surface area contributed by atoms with Crippen molar-refractivity contribution in [3.05, 3.63) is 59.6 Å². The Balaban J connectivity index is 2.54. The van der Waals surface area contributed by atoms with Crippen molar-refractivity contribution < 1.29 is 9.52 Å². The monoisotopic (exact) mass is 213 g/mol. The Kier molecular flexibility index (Phi) is 2.68. The number of pyridine rings is 1. The van der Waals surface area contributed by atoms with E-state index < -0.39 is 0 Å². The molecule has 0 fully saturated rings. The molecule has 0 radical (unpaired) electrons. The van der Waals surface area contributed by atoms with E-state index in [0.717, 1.165) is 11.1 Å². The number of Topliss-reactive ketones (excluding diaryl/α,β-unsaturated/α-hetero) is 1. The number of carbonyl (C=O) groups excluding carboxylic acids is 1. The maximum atomic E-state index is 11.4. The standard InChI is InChI=1S/C13H11NO2/c1-10(15)12-7-13(9-14(16)8-12)11-5-3-2-4-6-11/h2-9H,1H3. The molecule has 0 saturated carbocycles. The summed E-state index contributed by atoms with van der Waals surface area (Å²) < 4.78 is 0.666. The molecular weight excluding hydrogens is 202 g/mol. The van der Waals surface area contributed by atoms with Crippen LogP contribution in [0.1, 0.15) is 17.3 Å². The Labute approximate surface area is 93.6 Å². The molecule has 80 valence electrons. The number of hydrogen-bond acceptors (Lipinski definition) is 2. The molecule has 0 bridgehead atoms. The lowest BCUT2D eigenvalue weighted by Gasteiger charge is -2.03. The van der Waals surface area contributed by atoms with Crippen LogP contribution in [0.4, 0.5) is 0 Å². The minimum absolute atomic E-state index is 0.109. The fourth-order valence-electron chi connectivity index (χ4n) is 1.53. The minimum atomic E-state index is -0.109. The fourth-order valence-corrected chi connectivity index (χ4v) is 1.53. The Hall–Kier alpha value is -2.16. The molecule has 0 amide bonds. The van der Waals surface area contributed by atoms with Gasteiger partial charge in [0.05, 0.1) is 5.56 Å². The molecule has 0 atom stereocenters. The predicted octanol–water partition coefficient (Wildman–Crippen LogP) is 2.19. The van der Waals surface area contributed by atoms with Gasteiger partial charge in [-0.25, -0.2) is 0 Å². The fraction of sp³-hybridized carbons (Fsp3) is 0.0769. The summed E-state index contributed by atoms with van der Waals surface area (Å²) in [5.41, 5.74) is 2.11. The highest BCUT2D eigenvalue weighted by Crippen LogP contribution is 2.18. The summed E-state index contributed by atoms with van der Waals surface area (Å²) in [6.07, 6.45) is 2.75. The maximum absolute atomic E-state index is 11.4. The highest BCUT2D eigenvalue weighted by atomic mass is 16.5. The molecule has 0 saturated heterocycles. The van der Waals surface area contributed by atoms with E-state index in [4.69, 9.17) is 0 Å². The molecule has 1 aromatic heterocycles. The molecule has 3 heteroatoms. The van der Waals surface area contributed by atoms with Gasteiger partial charge < -0.3 is 5.21 Å². The number of rotatable bonds is 2. The van der Waals surface area contributed by atoms with Gasteiger partial charge in [0.15, 0.2) is 18.2 Å². The van der Waals surface area contributed by atoms with Crippen LogP contribution in [0.3, 0.4) is 0 Å². The van der Waals surface area contributed by atoms with Gasteiger partial charge in [-0.3, -0.25) is 4.79 Å². The summed E-state index contributed by atoms with van der Waals surface area (Å²) in [6, 6.07) is 11.2. The van der Waals surface area contributed by atoms with Crippen LogP contribution in [0.25, 0.3) is 11.1 Å². The van der Waals surface area contributed by atoms with Crippen molar-refractivity contribution in [2.24, 2.45) is 0 Å². The van der Waals surface area contributed by atoms with E-state index in [1.54, 1.807) is 6.07 Å². The van der Waals surface area contributed by atoms with E-state index in [0.29, 0.717) is 10.3 Å². The van der Waals surface area contributed by atoms with Crippen LogP contribution in [0.5, 0.6) is 0 Å². The van der Waals surface area contributed by atoms with Crippen LogP contribution in [0.15, 0.2) is 48.8 Å². The molecule has 3 nitrogen and oxygen atoms in total. The molecule has 0 N–H and O–H groups in total. The second kappa shape index (κ2) is 4.14. The third-order valence-electron chi connectivity index (χ3n) is 2.36. The van der Waals surface area contributed by atoms with Crippen LogP contribution in [-0.4, -0.2) is 5.78 Å². The summed E-state index contributed by atoms with van der Waals surface area (Å²) in [4.78, 5) is 11.2. The smallest absolute Gasteiger partial charge is 0.191 e. The molecule has 1 heterocycles. The zero-order valence-electron chi connectivity index (χ0n) is 8.88. The van der Waals surface area contributed by atoms with Crippen LogP contribution < -0.4 is 4.73 Å². The van der Waals surface area contributed by atoms with Gasteiger partial charge in [0, 0.05) is 5.56 Å². The van der Waals surface area contributed by atoms with E-state index in [2.05, 4.69) is 0 Å². The Bertz CT molecular complexity index is 521. The van der Waals surface area contributed by atoms with Crippen molar-refractivity contribution in [2.45, 2.75) is 6.92 Å². The van der Waals surface area contributed by atoms with Crippen molar-refractivity contribution in [1.82, 2.24) is 0 Å². The lowest BCUT2D eigenvalue weighted by molar-refractivity contribution is -0.604. The number of ketones is 1. The largest absolute Gasteiger partial charge is 0.619 e. The molecule has 0 aliphatic carbocycles. The van der Waals surface area contributed by atoms with Gasteiger partial charge in [-0.15, -0.1) is 0 Å². The van der Waals surface area contributed by atoms with Crippen LogP contribution in [0, 0.1) is 5.21 Å². The van der Waals surface area contributed by atoms with Crippen molar-refractivity contribution in [1.29, 1.82) is 0 Å². The average molecular weight is 213 g/mol. The molecule has 0 aliphatic heterocycles. The number of benzene rings is 1. The lowest BCUT2D eigenvalue weighted by Crippen LogP contribution is -2.26. The van der Waals surface area contributed by atoms with E-state index in [1.165, 1.54) is 19.3 Å². The summed E-state index contributed by atoms with van der Waals surface area (Å²) in [5, 5.41) is 11.4. The average Bonchev–Trinajstić information content (AvgIpc) is 2.29. The first kappa shape index (κ1) is 10.4. The Morgan fingerprint density at radius 3 is 2.44 bits per heavy atom. The van der Waals surface area contributed by atoms with Crippen molar-refractivity contribution >= 4 is 5.78 Å². The summed E-state index contributed by atoms with van der Waals surface area (Å²) in [7, 11) is 0. The summed E-state index contributed by atoms with van der Waals surface area (Å²) in [5.74, 6) is -0.109. The van der Waals surface area contributed by atoms with Gasteiger partial charge in [0.2, 0.25) is 0 Å². The van der Waals surface area contributed by atoms with Crippen LogP contribution in [0.2, 0.25) is 0 Å². The number of nitrogens with zero attached hydrogens (tertiary/aromatic N) is 1. The molecule has 1 aromatic carbocycles. The third kappa shape index (κ3) is 2.08. The van der Waals surface area contributed by atoms with Crippen LogP contribution >= 0.6 is 0 Å². The first-order valence-corrected chi connectivity index (χ1v) is 4.97. The molecular formula is C13H11NO2. The first-order valence-electron chi connectivity index (χ1n) is 4.97. The first-order chi connectivity index (χ1) is 7.66. The third-order valence-corrected chi connectivity index (χ3v) is 2.36. The van der Waals surface area contributed by atoms with Gasteiger partial charge in [0.25, 0.3) is 0 Å². The topological polar surface area (TPSA) is 44.0 Å². The van der Waals surface area contributed by atoms with E-state index in [-0.39, 0.29) is 5.78 Å². The van der Waals surface area contributed by atoms with Gasteiger partial charge in [-0.05, 0) is 18.6 Å². The molecule has 0 unspecified atom stereocenters. The van der Waals surface area contributed by atoms with Crippen molar-refractivity contribution in [3.8, 4) is 11.1 Å². The highest BCUT2D eigenvalue weighted by molar-refractivity contribution is 5.94. The van der Waals surface area contributed by atoms with E-state index in [9.17, 15) is 10.0 Å². The maximum Gasteiger partial charge on any atom is 0.191 e. The van der Waals surface area contributed by atoms with E-state index >= 15 is 0 Å². The number of hydrogen-bond donors (Lipinski definition) is 0. The second-order valence-electron chi connectivity index (χ2n) is 3.60. The minimum Gasteiger partial charge on any atom is -0.619 e. The molecule has 0 aliphatic rings. The predicted molar refractivity (Wildman–Crippen MR) is 60.8 cm³/mol. The second-order valence-corrected chi connectivity index (χ2v) is 3.60. The molecule has 16 heavy (non-hydrogen) atoms. The van der Waals surface area contributed by atoms with Gasteiger partial charge in [-0.1, -0.05) is 30.3 Å². The van der Waals surface area contributed by atoms with E-state index in [1.807, 2.05) is 30.3 Å². The van der Waals surface area contributed by atoms with Gasteiger partial charge in [0.1, 0.15) is 0 Å². The number of aromatic nitrogens is 1. The normalized spacial score (nSPS) is 10.1. The molecule has 0 spiro atoms. The number of carbonyl (C=O) groups is 1. The summed E-state index contributed by atoms with van der Waals surface area (Å²) in [6.45, 7) is 1.45. The highest BCUT2D eigenvalue weighted by Gasteiger charge is 2.08.